The van der Waals surface area contributed by atoms with E-state index < -0.39 is 0 Å². The van der Waals surface area contributed by atoms with Gasteiger partial charge in [0.25, 0.3) is 0 Å². The molecule has 2 rings (SSSR count). The summed E-state index contributed by atoms with van der Waals surface area (Å²) in [6.45, 7) is 1.96. The Bertz CT molecular complexity index is 458. The zero-order valence-electron chi connectivity index (χ0n) is 8.01. The predicted molar refractivity (Wildman–Crippen MR) is 60.1 cm³/mol. The number of rotatable bonds is 2. The highest BCUT2D eigenvalue weighted by molar-refractivity contribution is 7.99. The van der Waals surface area contributed by atoms with Crippen molar-refractivity contribution in [2.75, 3.05) is 0 Å². The first-order chi connectivity index (χ1) is 7.25. The molecule has 0 N–H and O–H groups in total. The Morgan fingerprint density at radius 2 is 2.07 bits per heavy atom. The maximum Gasteiger partial charge on any atom is 0.147 e. The molecule has 0 spiro atoms. The molecule has 0 atom stereocenters. The van der Waals surface area contributed by atoms with Crippen molar-refractivity contribution >= 4 is 23.4 Å². The minimum atomic E-state index is 0.405. The third-order valence-corrected chi connectivity index (χ3v) is 3.04. The van der Waals surface area contributed by atoms with E-state index in [0.29, 0.717) is 5.15 Å². The molecule has 3 nitrogen and oxygen atoms in total. The summed E-state index contributed by atoms with van der Waals surface area (Å²) >= 11 is 7.18. The summed E-state index contributed by atoms with van der Waals surface area (Å²) < 4.78 is 0. The molecule has 2 aromatic heterocycles. The van der Waals surface area contributed by atoms with Crippen LogP contribution in [0.4, 0.5) is 0 Å². The van der Waals surface area contributed by atoms with Crippen LogP contribution in [0.3, 0.4) is 0 Å². The van der Waals surface area contributed by atoms with Crippen LogP contribution < -0.4 is 0 Å². The Hall–Kier alpha value is -1.13. The SMILES string of the molecule is Cc1ncccc1Sc1cnc(Cl)cn1. The van der Waals surface area contributed by atoms with Crippen LogP contribution in [0.25, 0.3) is 0 Å². The molecular weight excluding hydrogens is 230 g/mol. The van der Waals surface area contributed by atoms with Crippen LogP contribution >= 0.6 is 23.4 Å². The van der Waals surface area contributed by atoms with Crippen LogP contribution in [0.5, 0.6) is 0 Å². The largest absolute Gasteiger partial charge is 0.260 e. The molecule has 0 aromatic carbocycles. The molecule has 0 radical (unpaired) electrons. The second kappa shape index (κ2) is 4.59. The summed E-state index contributed by atoms with van der Waals surface area (Å²) in [5.74, 6) is 0. The molecule has 0 bridgehead atoms. The summed E-state index contributed by atoms with van der Waals surface area (Å²) in [5.41, 5.74) is 0.985. The smallest absolute Gasteiger partial charge is 0.147 e. The Labute approximate surface area is 96.9 Å². The number of nitrogens with zero attached hydrogens (tertiary/aromatic N) is 3. The van der Waals surface area contributed by atoms with Crippen molar-refractivity contribution in [3.05, 3.63) is 41.6 Å². The molecule has 2 aromatic rings. The van der Waals surface area contributed by atoms with Crippen LogP contribution in [0.15, 0.2) is 40.6 Å². The lowest BCUT2D eigenvalue weighted by Gasteiger charge is -2.02. The number of pyridine rings is 1. The third kappa shape index (κ3) is 2.67. The maximum atomic E-state index is 5.65. The molecule has 0 amide bonds. The van der Waals surface area contributed by atoms with Crippen molar-refractivity contribution < 1.29 is 0 Å². The van der Waals surface area contributed by atoms with Gasteiger partial charge < -0.3 is 0 Å². The summed E-state index contributed by atoms with van der Waals surface area (Å²) in [6, 6.07) is 3.90. The Balaban J connectivity index is 2.22. The highest BCUT2D eigenvalue weighted by Gasteiger charge is 2.02. The van der Waals surface area contributed by atoms with Gasteiger partial charge in [0.15, 0.2) is 0 Å². The lowest BCUT2D eigenvalue weighted by atomic mass is 10.4. The zero-order valence-corrected chi connectivity index (χ0v) is 9.59. The minimum absolute atomic E-state index is 0.405. The van der Waals surface area contributed by atoms with E-state index in [1.807, 2.05) is 19.1 Å². The maximum absolute atomic E-state index is 5.65. The van der Waals surface area contributed by atoms with Gasteiger partial charge in [-0.15, -0.1) is 0 Å². The normalized spacial score (nSPS) is 10.3. The first-order valence-corrected chi connectivity index (χ1v) is 5.52. The van der Waals surface area contributed by atoms with Gasteiger partial charge in [0.05, 0.1) is 18.1 Å². The second-order valence-electron chi connectivity index (χ2n) is 2.87. The minimum Gasteiger partial charge on any atom is -0.260 e. The summed E-state index contributed by atoms with van der Waals surface area (Å²) in [7, 11) is 0. The van der Waals surface area contributed by atoms with Gasteiger partial charge in [-0.3, -0.25) is 4.98 Å². The van der Waals surface area contributed by atoms with Gasteiger partial charge in [0.1, 0.15) is 10.2 Å². The number of hydrogen-bond donors (Lipinski definition) is 0. The molecule has 0 fully saturated rings. The van der Waals surface area contributed by atoms with E-state index >= 15 is 0 Å². The molecule has 0 aliphatic rings. The predicted octanol–water partition coefficient (Wildman–Crippen LogP) is 2.98. The molecule has 15 heavy (non-hydrogen) atoms. The first-order valence-electron chi connectivity index (χ1n) is 4.33. The average Bonchev–Trinajstić information content (AvgIpc) is 2.25. The number of aromatic nitrogens is 3. The molecule has 76 valence electrons. The molecular formula is C10H8ClN3S. The van der Waals surface area contributed by atoms with Crippen molar-refractivity contribution in [3.8, 4) is 0 Å². The fraction of sp³-hybridized carbons (Fsp3) is 0.100. The van der Waals surface area contributed by atoms with Gasteiger partial charge in [-0.25, -0.2) is 9.97 Å². The highest BCUT2D eigenvalue weighted by atomic mass is 35.5. The lowest BCUT2D eigenvalue weighted by Crippen LogP contribution is -1.86. The summed E-state index contributed by atoms with van der Waals surface area (Å²) in [6.07, 6.45) is 4.96. The molecule has 2 heterocycles. The van der Waals surface area contributed by atoms with Crippen LogP contribution in [0.2, 0.25) is 5.15 Å². The Morgan fingerprint density at radius 3 is 2.73 bits per heavy atom. The average molecular weight is 238 g/mol. The van der Waals surface area contributed by atoms with E-state index in [4.69, 9.17) is 11.6 Å². The van der Waals surface area contributed by atoms with Crippen molar-refractivity contribution in [3.63, 3.8) is 0 Å². The molecule has 0 saturated heterocycles. The van der Waals surface area contributed by atoms with Crippen LogP contribution in [0.1, 0.15) is 5.69 Å². The molecule has 0 aliphatic carbocycles. The number of halogens is 1. The van der Waals surface area contributed by atoms with Crippen LogP contribution in [-0.4, -0.2) is 15.0 Å². The quantitative estimate of drug-likeness (QED) is 0.805. The van der Waals surface area contributed by atoms with Crippen molar-refractivity contribution in [1.29, 1.82) is 0 Å². The van der Waals surface area contributed by atoms with E-state index in [-0.39, 0.29) is 0 Å². The van der Waals surface area contributed by atoms with Gasteiger partial charge in [0, 0.05) is 11.1 Å². The van der Waals surface area contributed by atoms with E-state index in [1.54, 1.807) is 12.4 Å². The molecule has 0 saturated carbocycles. The topological polar surface area (TPSA) is 38.7 Å². The van der Waals surface area contributed by atoms with Crippen molar-refractivity contribution in [2.45, 2.75) is 16.8 Å². The molecule has 0 unspecified atom stereocenters. The van der Waals surface area contributed by atoms with Gasteiger partial charge >= 0.3 is 0 Å². The number of aryl methyl sites for hydroxylation is 1. The Morgan fingerprint density at radius 1 is 1.20 bits per heavy atom. The van der Waals surface area contributed by atoms with E-state index in [2.05, 4.69) is 15.0 Å². The van der Waals surface area contributed by atoms with E-state index in [0.717, 1.165) is 15.6 Å². The van der Waals surface area contributed by atoms with Gasteiger partial charge in [-0.05, 0) is 19.1 Å². The van der Waals surface area contributed by atoms with E-state index in [9.17, 15) is 0 Å². The van der Waals surface area contributed by atoms with Gasteiger partial charge in [-0.1, -0.05) is 23.4 Å². The standard InChI is InChI=1S/C10H8ClN3S/c1-7-8(3-2-4-12-7)15-10-6-13-9(11)5-14-10/h2-6H,1H3. The van der Waals surface area contributed by atoms with E-state index in [1.165, 1.54) is 18.0 Å². The molecule has 5 heteroatoms. The first kappa shape index (κ1) is 10.4. The third-order valence-electron chi connectivity index (χ3n) is 1.77. The summed E-state index contributed by atoms with van der Waals surface area (Å²) in [5, 5.41) is 1.22. The summed E-state index contributed by atoms with van der Waals surface area (Å²) in [4.78, 5) is 13.4. The van der Waals surface area contributed by atoms with Crippen molar-refractivity contribution in [2.24, 2.45) is 0 Å². The van der Waals surface area contributed by atoms with Gasteiger partial charge in [0.2, 0.25) is 0 Å². The van der Waals surface area contributed by atoms with Gasteiger partial charge in [-0.2, -0.15) is 0 Å². The second-order valence-corrected chi connectivity index (χ2v) is 4.32. The Kier molecular flexibility index (Phi) is 3.18. The van der Waals surface area contributed by atoms with Crippen LogP contribution in [0, 0.1) is 6.92 Å². The molecule has 0 aliphatic heterocycles. The fourth-order valence-corrected chi connectivity index (χ4v) is 1.92. The fourth-order valence-electron chi connectivity index (χ4n) is 1.04. The van der Waals surface area contributed by atoms with Crippen molar-refractivity contribution in [1.82, 2.24) is 15.0 Å². The monoisotopic (exact) mass is 237 g/mol. The number of hydrogen-bond acceptors (Lipinski definition) is 4. The lowest BCUT2D eigenvalue weighted by molar-refractivity contribution is 1.05. The van der Waals surface area contributed by atoms with Crippen LogP contribution in [-0.2, 0) is 0 Å². The zero-order chi connectivity index (χ0) is 10.7. The highest BCUT2D eigenvalue weighted by Crippen LogP contribution is 2.27.